The molecule has 0 aliphatic heterocycles. The molecule has 0 radical (unpaired) electrons. The summed E-state index contributed by atoms with van der Waals surface area (Å²) in [5.41, 5.74) is 1.02. The highest BCUT2D eigenvalue weighted by molar-refractivity contribution is 5.89. The van der Waals surface area contributed by atoms with Crippen LogP contribution in [-0.2, 0) is 0 Å². The summed E-state index contributed by atoms with van der Waals surface area (Å²) in [5.74, 6) is -0.0824. The minimum Gasteiger partial charge on any atom is -0.335 e. The second-order valence-electron chi connectivity index (χ2n) is 4.61. The average molecular weight is 238 g/mol. The van der Waals surface area contributed by atoms with Gasteiger partial charge in [0.1, 0.15) is 5.82 Å². The van der Waals surface area contributed by atoms with Gasteiger partial charge in [-0.3, -0.25) is 0 Å². The van der Waals surface area contributed by atoms with Gasteiger partial charge in [0, 0.05) is 6.04 Å². The van der Waals surface area contributed by atoms with Crippen LogP contribution in [0.4, 0.5) is 14.9 Å². The van der Waals surface area contributed by atoms with Gasteiger partial charge < -0.3 is 10.6 Å². The zero-order chi connectivity index (χ0) is 13.0. The highest BCUT2D eigenvalue weighted by Crippen LogP contribution is 2.15. The van der Waals surface area contributed by atoms with Gasteiger partial charge in [0.25, 0.3) is 0 Å². The first kappa shape index (κ1) is 13.5. The van der Waals surface area contributed by atoms with Crippen molar-refractivity contribution in [2.45, 2.75) is 33.7 Å². The van der Waals surface area contributed by atoms with Crippen molar-refractivity contribution in [1.82, 2.24) is 5.32 Å². The molecule has 0 fully saturated rings. The lowest BCUT2D eigenvalue weighted by Gasteiger charge is -2.18. The van der Waals surface area contributed by atoms with Crippen LogP contribution in [0.2, 0.25) is 0 Å². The number of hydrogen-bond donors (Lipinski definition) is 2. The fourth-order valence-corrected chi connectivity index (χ4v) is 1.25. The Balaban J connectivity index is 2.62. The van der Waals surface area contributed by atoms with E-state index >= 15 is 0 Å². The van der Waals surface area contributed by atoms with E-state index in [4.69, 9.17) is 0 Å². The van der Waals surface area contributed by atoms with E-state index in [0.717, 1.165) is 5.56 Å². The number of amides is 2. The molecule has 0 aliphatic carbocycles. The Kier molecular flexibility index (Phi) is 4.49. The maximum atomic E-state index is 13.5. The molecule has 1 atom stereocenters. The van der Waals surface area contributed by atoms with Crippen LogP contribution in [0.15, 0.2) is 18.2 Å². The van der Waals surface area contributed by atoms with Gasteiger partial charge in [-0.15, -0.1) is 0 Å². The third kappa shape index (κ3) is 4.06. The van der Waals surface area contributed by atoms with E-state index in [1.807, 2.05) is 20.8 Å². The van der Waals surface area contributed by atoms with Crippen molar-refractivity contribution in [3.05, 3.63) is 29.6 Å². The normalized spacial score (nSPS) is 12.4. The monoisotopic (exact) mass is 238 g/mol. The van der Waals surface area contributed by atoms with Gasteiger partial charge in [0.05, 0.1) is 5.69 Å². The number of hydrogen-bond acceptors (Lipinski definition) is 1. The molecule has 0 heterocycles. The van der Waals surface area contributed by atoms with Crippen molar-refractivity contribution in [2.24, 2.45) is 5.92 Å². The lowest BCUT2D eigenvalue weighted by atomic mass is 10.1. The summed E-state index contributed by atoms with van der Waals surface area (Å²) in [7, 11) is 0. The zero-order valence-electron chi connectivity index (χ0n) is 10.7. The summed E-state index contributed by atoms with van der Waals surface area (Å²) in [4.78, 5) is 11.6. The van der Waals surface area contributed by atoms with E-state index in [9.17, 15) is 9.18 Å². The van der Waals surface area contributed by atoms with Crippen LogP contribution < -0.4 is 10.6 Å². The second kappa shape index (κ2) is 5.66. The van der Waals surface area contributed by atoms with E-state index in [-0.39, 0.29) is 17.8 Å². The van der Waals surface area contributed by atoms with Crippen LogP contribution in [0.25, 0.3) is 0 Å². The fourth-order valence-electron chi connectivity index (χ4n) is 1.25. The molecule has 0 aromatic heterocycles. The molecule has 4 heteroatoms. The van der Waals surface area contributed by atoms with Crippen LogP contribution in [0.5, 0.6) is 0 Å². The third-order valence-corrected chi connectivity index (χ3v) is 2.73. The quantitative estimate of drug-likeness (QED) is 0.833. The molecule has 94 valence electrons. The number of benzene rings is 1. The molecule has 3 nitrogen and oxygen atoms in total. The van der Waals surface area contributed by atoms with E-state index in [2.05, 4.69) is 10.6 Å². The summed E-state index contributed by atoms with van der Waals surface area (Å²) >= 11 is 0. The molecule has 1 aromatic rings. The van der Waals surface area contributed by atoms with E-state index < -0.39 is 5.82 Å². The van der Waals surface area contributed by atoms with Gasteiger partial charge in [-0.1, -0.05) is 19.9 Å². The topological polar surface area (TPSA) is 41.1 Å². The van der Waals surface area contributed by atoms with Crippen LogP contribution in [0.3, 0.4) is 0 Å². The lowest BCUT2D eigenvalue weighted by Crippen LogP contribution is -2.39. The number of urea groups is 1. The minimum absolute atomic E-state index is 0.0449. The first-order valence-corrected chi connectivity index (χ1v) is 5.74. The van der Waals surface area contributed by atoms with Crippen LogP contribution in [-0.4, -0.2) is 12.1 Å². The number of anilines is 1. The van der Waals surface area contributed by atoms with E-state index in [1.165, 1.54) is 6.07 Å². The maximum Gasteiger partial charge on any atom is 0.319 e. The van der Waals surface area contributed by atoms with Gasteiger partial charge in [-0.2, -0.15) is 0 Å². The molecule has 0 aliphatic rings. The first-order chi connectivity index (χ1) is 7.90. The zero-order valence-corrected chi connectivity index (χ0v) is 10.7. The SMILES string of the molecule is Cc1ccc(NC(=O)N[C@H](C)C(C)C)c(F)c1. The highest BCUT2D eigenvalue weighted by atomic mass is 19.1. The molecule has 0 saturated carbocycles. The van der Waals surface area contributed by atoms with Crippen molar-refractivity contribution >= 4 is 11.7 Å². The fraction of sp³-hybridized carbons (Fsp3) is 0.462. The molecule has 0 spiro atoms. The maximum absolute atomic E-state index is 13.5. The van der Waals surface area contributed by atoms with Gasteiger partial charge >= 0.3 is 6.03 Å². The van der Waals surface area contributed by atoms with Gasteiger partial charge in [0.15, 0.2) is 0 Å². The van der Waals surface area contributed by atoms with Gasteiger partial charge in [0.2, 0.25) is 0 Å². The molecule has 2 amide bonds. The molecule has 0 saturated heterocycles. The predicted octanol–water partition coefficient (Wildman–Crippen LogP) is 3.30. The summed E-state index contributed by atoms with van der Waals surface area (Å²) in [6.07, 6.45) is 0. The first-order valence-electron chi connectivity index (χ1n) is 5.74. The number of aryl methyl sites for hydroxylation is 1. The highest BCUT2D eigenvalue weighted by Gasteiger charge is 2.12. The summed E-state index contributed by atoms with van der Waals surface area (Å²) in [5, 5.41) is 5.25. The summed E-state index contributed by atoms with van der Waals surface area (Å²) in [6.45, 7) is 7.73. The van der Waals surface area contributed by atoms with Crippen LogP contribution in [0.1, 0.15) is 26.3 Å². The minimum atomic E-state index is -0.419. The largest absolute Gasteiger partial charge is 0.335 e. The van der Waals surface area contributed by atoms with E-state index in [0.29, 0.717) is 5.92 Å². The predicted molar refractivity (Wildman–Crippen MR) is 67.6 cm³/mol. The number of carbonyl (C=O) groups excluding carboxylic acids is 1. The van der Waals surface area contributed by atoms with Gasteiger partial charge in [-0.25, -0.2) is 9.18 Å². The smallest absolute Gasteiger partial charge is 0.319 e. The average Bonchev–Trinajstić information content (AvgIpc) is 2.22. The Morgan fingerprint density at radius 2 is 1.94 bits per heavy atom. The Bertz CT molecular complexity index is 404. The molecule has 1 aromatic carbocycles. The van der Waals surface area contributed by atoms with Crippen LogP contribution in [0, 0.1) is 18.7 Å². The Labute approximate surface area is 101 Å². The Morgan fingerprint density at radius 3 is 2.47 bits per heavy atom. The Hall–Kier alpha value is -1.58. The summed E-state index contributed by atoms with van der Waals surface area (Å²) < 4.78 is 13.5. The number of nitrogens with one attached hydrogen (secondary N) is 2. The van der Waals surface area contributed by atoms with Crippen LogP contribution >= 0.6 is 0 Å². The molecule has 0 bridgehead atoms. The summed E-state index contributed by atoms with van der Waals surface area (Å²) in [6, 6.07) is 4.37. The van der Waals surface area contributed by atoms with Crippen molar-refractivity contribution in [3.8, 4) is 0 Å². The second-order valence-corrected chi connectivity index (χ2v) is 4.61. The van der Waals surface area contributed by atoms with Crippen molar-refractivity contribution in [2.75, 3.05) is 5.32 Å². The molecular weight excluding hydrogens is 219 g/mol. The Morgan fingerprint density at radius 1 is 1.29 bits per heavy atom. The van der Waals surface area contributed by atoms with Crippen molar-refractivity contribution < 1.29 is 9.18 Å². The molecule has 2 N–H and O–H groups in total. The van der Waals surface area contributed by atoms with Crippen molar-refractivity contribution in [1.29, 1.82) is 0 Å². The molecule has 0 unspecified atom stereocenters. The standard InChI is InChI=1S/C13H19FN2O/c1-8(2)10(4)15-13(17)16-12-6-5-9(3)7-11(12)14/h5-8,10H,1-4H3,(H2,15,16,17)/t10-/m1/s1. The number of carbonyl (C=O) groups is 1. The molecular formula is C13H19FN2O. The number of halogens is 1. The van der Waals surface area contributed by atoms with Crippen molar-refractivity contribution in [3.63, 3.8) is 0 Å². The van der Waals surface area contributed by atoms with Gasteiger partial charge in [-0.05, 0) is 37.5 Å². The van der Waals surface area contributed by atoms with E-state index in [1.54, 1.807) is 19.1 Å². The molecule has 1 rings (SSSR count). The molecule has 17 heavy (non-hydrogen) atoms. The number of rotatable bonds is 3. The lowest BCUT2D eigenvalue weighted by molar-refractivity contribution is 0.246. The third-order valence-electron chi connectivity index (χ3n) is 2.73.